The summed E-state index contributed by atoms with van der Waals surface area (Å²) in [5.41, 5.74) is 0.743. The number of rotatable bonds is 3. The highest BCUT2D eigenvalue weighted by atomic mass is 16.5. The quantitative estimate of drug-likeness (QED) is 0.768. The number of nitrogens with zero attached hydrogens (tertiary/aromatic N) is 2. The van der Waals surface area contributed by atoms with E-state index in [9.17, 15) is 0 Å². The highest BCUT2D eigenvalue weighted by Crippen LogP contribution is 2.30. The Labute approximate surface area is 112 Å². The number of ether oxygens (including phenoxy) is 1. The van der Waals surface area contributed by atoms with Crippen molar-refractivity contribution in [2.75, 3.05) is 39.9 Å². The van der Waals surface area contributed by atoms with Gasteiger partial charge in [0.15, 0.2) is 0 Å². The Kier molecular flexibility index (Phi) is 4.05. The molecule has 0 unspecified atom stereocenters. The molecule has 0 radical (unpaired) electrons. The third kappa shape index (κ3) is 3.25. The van der Waals surface area contributed by atoms with Gasteiger partial charge in [-0.05, 0) is 40.7 Å². The number of likely N-dealkylation sites (tertiary alicyclic amines) is 1. The van der Waals surface area contributed by atoms with Crippen LogP contribution in [0.1, 0.15) is 40.5 Å². The van der Waals surface area contributed by atoms with Gasteiger partial charge in [0.05, 0.1) is 13.2 Å². The minimum absolute atomic E-state index is 0.331. The molecule has 0 bridgehead atoms. The first-order chi connectivity index (χ1) is 8.30. The molecule has 2 saturated heterocycles. The van der Waals surface area contributed by atoms with Crippen molar-refractivity contribution in [1.82, 2.24) is 9.80 Å². The Morgan fingerprint density at radius 2 is 1.78 bits per heavy atom. The van der Waals surface area contributed by atoms with E-state index in [0.717, 1.165) is 19.3 Å². The van der Waals surface area contributed by atoms with Crippen LogP contribution in [0.25, 0.3) is 0 Å². The van der Waals surface area contributed by atoms with E-state index in [1.54, 1.807) is 0 Å². The number of piperidine rings is 1. The molecule has 0 N–H and O–H groups in total. The average Bonchev–Trinajstić information content (AvgIpc) is 2.26. The maximum absolute atomic E-state index is 5.35. The van der Waals surface area contributed by atoms with Gasteiger partial charge in [-0.2, -0.15) is 0 Å². The smallest absolute Gasteiger partial charge is 0.0554 e. The Hall–Kier alpha value is -0.120. The standard InChI is InChI=1S/C15H30N2O/c1-14(2,3)17-8-6-13(7-9-17)16(5)10-15(4)11-18-12-15/h13H,6-12H2,1-5H3. The fourth-order valence-electron chi connectivity index (χ4n) is 3.25. The molecular weight excluding hydrogens is 224 g/mol. The highest BCUT2D eigenvalue weighted by Gasteiger charge is 2.37. The van der Waals surface area contributed by atoms with Crippen LogP contribution in [0.5, 0.6) is 0 Å². The van der Waals surface area contributed by atoms with Gasteiger partial charge in [-0.1, -0.05) is 6.92 Å². The van der Waals surface area contributed by atoms with Crippen molar-refractivity contribution in [3.8, 4) is 0 Å². The lowest BCUT2D eigenvalue weighted by Crippen LogP contribution is -2.54. The lowest BCUT2D eigenvalue weighted by molar-refractivity contribution is -0.118. The first kappa shape index (κ1) is 14.3. The summed E-state index contributed by atoms with van der Waals surface area (Å²) in [4.78, 5) is 5.19. The molecule has 3 nitrogen and oxygen atoms in total. The molecule has 2 rings (SSSR count). The largest absolute Gasteiger partial charge is 0.380 e. The van der Waals surface area contributed by atoms with E-state index < -0.39 is 0 Å². The fourth-order valence-corrected chi connectivity index (χ4v) is 3.25. The average molecular weight is 254 g/mol. The summed E-state index contributed by atoms with van der Waals surface area (Å²) in [6.45, 7) is 14.9. The maximum atomic E-state index is 5.35. The first-order valence-electron chi connectivity index (χ1n) is 7.33. The Morgan fingerprint density at radius 1 is 1.22 bits per heavy atom. The molecule has 3 heteroatoms. The van der Waals surface area contributed by atoms with Crippen LogP contribution in [0.15, 0.2) is 0 Å². The Bertz CT molecular complexity index is 273. The van der Waals surface area contributed by atoms with Gasteiger partial charge >= 0.3 is 0 Å². The summed E-state index contributed by atoms with van der Waals surface area (Å²) >= 11 is 0. The van der Waals surface area contributed by atoms with Crippen molar-refractivity contribution in [3.63, 3.8) is 0 Å². The second-order valence-electron chi connectivity index (χ2n) is 7.61. The van der Waals surface area contributed by atoms with Gasteiger partial charge in [-0.3, -0.25) is 4.90 Å². The summed E-state index contributed by atoms with van der Waals surface area (Å²) in [6, 6.07) is 0.765. The SMILES string of the molecule is CN(CC1(C)COC1)C1CCN(C(C)(C)C)CC1. The van der Waals surface area contributed by atoms with Crippen LogP contribution in [-0.4, -0.2) is 61.3 Å². The molecule has 0 atom stereocenters. The number of hydrogen-bond acceptors (Lipinski definition) is 3. The van der Waals surface area contributed by atoms with Crippen LogP contribution in [-0.2, 0) is 4.74 Å². The molecule has 0 amide bonds. The third-order valence-electron chi connectivity index (χ3n) is 4.57. The lowest BCUT2D eigenvalue weighted by atomic mass is 9.87. The monoisotopic (exact) mass is 254 g/mol. The van der Waals surface area contributed by atoms with Crippen molar-refractivity contribution in [1.29, 1.82) is 0 Å². The molecule has 2 heterocycles. The van der Waals surface area contributed by atoms with E-state index in [2.05, 4.69) is 44.5 Å². The van der Waals surface area contributed by atoms with Gasteiger partial charge in [-0.15, -0.1) is 0 Å². The molecule has 0 aromatic heterocycles. The van der Waals surface area contributed by atoms with Crippen molar-refractivity contribution >= 4 is 0 Å². The normalized spacial score (nSPS) is 26.3. The first-order valence-corrected chi connectivity index (χ1v) is 7.33. The van der Waals surface area contributed by atoms with Crippen molar-refractivity contribution in [2.45, 2.75) is 52.1 Å². The molecule has 106 valence electrons. The Balaban J connectivity index is 1.78. The van der Waals surface area contributed by atoms with Crippen LogP contribution < -0.4 is 0 Å². The van der Waals surface area contributed by atoms with Gasteiger partial charge < -0.3 is 9.64 Å². The molecule has 18 heavy (non-hydrogen) atoms. The van der Waals surface area contributed by atoms with Crippen molar-refractivity contribution in [3.05, 3.63) is 0 Å². The van der Waals surface area contributed by atoms with Gasteiger partial charge in [0.2, 0.25) is 0 Å². The van der Waals surface area contributed by atoms with E-state index in [-0.39, 0.29) is 0 Å². The van der Waals surface area contributed by atoms with Gasteiger partial charge in [-0.25, -0.2) is 0 Å². The van der Waals surface area contributed by atoms with Crippen LogP contribution in [0.4, 0.5) is 0 Å². The summed E-state index contributed by atoms with van der Waals surface area (Å²) in [7, 11) is 2.29. The minimum atomic E-state index is 0.331. The predicted octanol–water partition coefficient (Wildman–Crippen LogP) is 2.22. The Morgan fingerprint density at radius 3 is 2.17 bits per heavy atom. The predicted molar refractivity (Wildman–Crippen MR) is 75.9 cm³/mol. The van der Waals surface area contributed by atoms with Crippen molar-refractivity contribution in [2.24, 2.45) is 5.41 Å². The van der Waals surface area contributed by atoms with E-state index >= 15 is 0 Å². The molecule has 2 aliphatic heterocycles. The van der Waals surface area contributed by atoms with Crippen LogP contribution in [0, 0.1) is 5.41 Å². The summed E-state index contributed by atoms with van der Waals surface area (Å²) in [5, 5.41) is 0. The zero-order valence-corrected chi connectivity index (χ0v) is 12.8. The van der Waals surface area contributed by atoms with E-state index in [4.69, 9.17) is 4.74 Å². The van der Waals surface area contributed by atoms with Crippen LogP contribution >= 0.6 is 0 Å². The molecular formula is C15H30N2O. The van der Waals surface area contributed by atoms with E-state index in [1.165, 1.54) is 32.5 Å². The van der Waals surface area contributed by atoms with Crippen LogP contribution in [0.3, 0.4) is 0 Å². The molecule has 0 spiro atoms. The lowest BCUT2D eigenvalue weighted by Gasteiger charge is -2.46. The topological polar surface area (TPSA) is 15.7 Å². The summed E-state index contributed by atoms with van der Waals surface area (Å²) < 4.78 is 5.35. The summed E-state index contributed by atoms with van der Waals surface area (Å²) in [5.74, 6) is 0. The zero-order valence-electron chi connectivity index (χ0n) is 12.8. The van der Waals surface area contributed by atoms with Crippen LogP contribution in [0.2, 0.25) is 0 Å². The molecule has 0 aromatic carbocycles. The third-order valence-corrected chi connectivity index (χ3v) is 4.57. The molecule has 0 aliphatic carbocycles. The molecule has 0 aromatic rings. The second kappa shape index (κ2) is 5.10. The maximum Gasteiger partial charge on any atom is 0.0554 e. The number of hydrogen-bond donors (Lipinski definition) is 0. The summed E-state index contributed by atoms with van der Waals surface area (Å²) in [6.07, 6.45) is 2.62. The van der Waals surface area contributed by atoms with Crippen molar-refractivity contribution < 1.29 is 4.74 Å². The van der Waals surface area contributed by atoms with Gasteiger partial charge in [0.25, 0.3) is 0 Å². The second-order valence-corrected chi connectivity index (χ2v) is 7.61. The fraction of sp³-hybridized carbons (Fsp3) is 1.00. The highest BCUT2D eigenvalue weighted by molar-refractivity contribution is 4.89. The minimum Gasteiger partial charge on any atom is -0.380 e. The molecule has 2 fully saturated rings. The van der Waals surface area contributed by atoms with E-state index in [1.807, 2.05) is 0 Å². The van der Waals surface area contributed by atoms with Gasteiger partial charge in [0, 0.05) is 36.6 Å². The van der Waals surface area contributed by atoms with E-state index in [0.29, 0.717) is 11.0 Å². The zero-order chi connectivity index (χ0) is 13.4. The molecule has 0 saturated carbocycles. The molecule has 2 aliphatic rings. The van der Waals surface area contributed by atoms with Gasteiger partial charge in [0.1, 0.15) is 0 Å².